The van der Waals surface area contributed by atoms with Crippen molar-refractivity contribution in [1.29, 1.82) is 0 Å². The van der Waals surface area contributed by atoms with Gasteiger partial charge in [0.1, 0.15) is 5.37 Å². The molecule has 1 saturated heterocycles. The molecule has 0 aliphatic carbocycles. The predicted octanol–water partition coefficient (Wildman–Crippen LogP) is 5.26. The van der Waals surface area contributed by atoms with E-state index >= 15 is 0 Å². The van der Waals surface area contributed by atoms with Gasteiger partial charge in [0.25, 0.3) is 0 Å². The number of rotatable bonds is 2. The van der Waals surface area contributed by atoms with Gasteiger partial charge in [0.15, 0.2) is 5.11 Å². The maximum absolute atomic E-state index is 5.61. The first kappa shape index (κ1) is 15.3. The monoisotopic (exact) mass is 398 g/mol. The molecule has 2 heterocycles. The molecule has 110 valence electrons. The van der Waals surface area contributed by atoms with E-state index in [1.54, 1.807) is 11.3 Å². The van der Waals surface area contributed by atoms with Crippen molar-refractivity contribution >= 4 is 62.0 Å². The Bertz CT molecular complexity index is 639. The Hall–Kier alpha value is -0.560. The lowest BCUT2D eigenvalue weighted by molar-refractivity contribution is 0.462. The summed E-state index contributed by atoms with van der Waals surface area (Å²) in [6.07, 6.45) is 0. The van der Waals surface area contributed by atoms with Gasteiger partial charge in [-0.2, -0.15) is 0 Å². The molecule has 1 aliphatic heterocycles. The molecular formula is C15H15BrN2S3. The molecule has 1 atom stereocenters. The van der Waals surface area contributed by atoms with Crippen LogP contribution in [0.5, 0.6) is 0 Å². The van der Waals surface area contributed by atoms with Gasteiger partial charge in [-0.3, -0.25) is 0 Å². The van der Waals surface area contributed by atoms with Gasteiger partial charge in [-0.1, -0.05) is 17.7 Å². The van der Waals surface area contributed by atoms with Crippen molar-refractivity contribution in [1.82, 2.24) is 4.90 Å². The minimum absolute atomic E-state index is 0.326. The molecule has 0 spiro atoms. The van der Waals surface area contributed by atoms with E-state index in [1.165, 1.54) is 14.2 Å². The molecule has 1 aromatic heterocycles. The molecule has 0 saturated carbocycles. The van der Waals surface area contributed by atoms with Crippen LogP contribution in [0.1, 0.15) is 15.8 Å². The summed E-state index contributed by atoms with van der Waals surface area (Å²) >= 11 is 12.9. The third-order valence-corrected chi connectivity index (χ3v) is 6.70. The highest BCUT2D eigenvalue weighted by Crippen LogP contribution is 2.42. The Morgan fingerprint density at radius 2 is 2.05 bits per heavy atom. The summed E-state index contributed by atoms with van der Waals surface area (Å²) in [6, 6.07) is 12.6. The topological polar surface area (TPSA) is 15.3 Å². The van der Waals surface area contributed by atoms with Crippen LogP contribution in [-0.2, 0) is 0 Å². The molecule has 3 rings (SSSR count). The van der Waals surface area contributed by atoms with E-state index in [2.05, 4.69) is 69.5 Å². The number of anilines is 1. The Morgan fingerprint density at radius 1 is 1.29 bits per heavy atom. The number of benzene rings is 1. The van der Waals surface area contributed by atoms with Crippen molar-refractivity contribution in [3.63, 3.8) is 0 Å². The zero-order chi connectivity index (χ0) is 14.8. The number of hydrogen-bond donors (Lipinski definition) is 1. The maximum atomic E-state index is 5.61. The van der Waals surface area contributed by atoms with Crippen LogP contribution in [0.2, 0.25) is 0 Å². The van der Waals surface area contributed by atoms with Crippen LogP contribution in [0.4, 0.5) is 5.69 Å². The van der Waals surface area contributed by atoms with E-state index in [0.29, 0.717) is 5.37 Å². The maximum Gasteiger partial charge on any atom is 0.174 e. The van der Waals surface area contributed by atoms with Gasteiger partial charge in [0, 0.05) is 22.9 Å². The molecule has 21 heavy (non-hydrogen) atoms. The van der Waals surface area contributed by atoms with Crippen molar-refractivity contribution in [2.24, 2.45) is 0 Å². The Kier molecular flexibility index (Phi) is 4.88. The highest BCUT2D eigenvalue weighted by atomic mass is 79.9. The van der Waals surface area contributed by atoms with Gasteiger partial charge in [-0.25, -0.2) is 0 Å². The summed E-state index contributed by atoms with van der Waals surface area (Å²) in [5.74, 6) is 1.11. The lowest BCUT2D eigenvalue weighted by atomic mass is 10.2. The molecule has 1 N–H and O–H groups in total. The second-order valence-corrected chi connectivity index (χ2v) is 8.92. The van der Waals surface area contributed by atoms with Crippen molar-refractivity contribution in [3.05, 3.63) is 50.6 Å². The summed E-state index contributed by atoms with van der Waals surface area (Å²) in [6.45, 7) is 3.08. The number of thiophene rings is 1. The second-order valence-electron chi connectivity index (χ2n) is 4.85. The number of nitrogens with one attached hydrogen (secondary N) is 1. The van der Waals surface area contributed by atoms with Crippen LogP contribution in [0.3, 0.4) is 0 Å². The molecule has 0 bridgehead atoms. The molecule has 2 nitrogen and oxygen atoms in total. The molecule has 1 fully saturated rings. The van der Waals surface area contributed by atoms with E-state index in [4.69, 9.17) is 12.2 Å². The molecule has 0 radical (unpaired) electrons. The normalized spacial score (nSPS) is 18.0. The fourth-order valence-electron chi connectivity index (χ4n) is 2.21. The summed E-state index contributed by atoms with van der Waals surface area (Å²) in [4.78, 5) is 3.62. The predicted molar refractivity (Wildman–Crippen MR) is 101 cm³/mol. The van der Waals surface area contributed by atoms with Gasteiger partial charge in [-0.15, -0.1) is 23.1 Å². The van der Waals surface area contributed by atoms with Crippen LogP contribution in [0.25, 0.3) is 0 Å². The number of halogens is 1. The van der Waals surface area contributed by atoms with E-state index in [0.717, 1.165) is 23.1 Å². The molecular weight excluding hydrogens is 384 g/mol. The van der Waals surface area contributed by atoms with E-state index in [-0.39, 0.29) is 0 Å². The standard InChI is InChI=1S/C15H15BrN2S3/c1-10-2-4-11(5-3-10)17-15(19)18-8-9-20-14(18)12-6-7-13(16)21-12/h2-7,14H,8-9H2,1H3,(H,17,19). The Balaban J connectivity index is 1.72. The number of thiocarbonyl (C=S) groups is 1. The molecule has 1 unspecified atom stereocenters. The molecule has 6 heteroatoms. The Morgan fingerprint density at radius 3 is 2.71 bits per heavy atom. The summed E-state index contributed by atoms with van der Waals surface area (Å²) in [5, 5.41) is 4.48. The highest BCUT2D eigenvalue weighted by molar-refractivity contribution is 9.11. The van der Waals surface area contributed by atoms with Crippen LogP contribution < -0.4 is 5.32 Å². The number of aryl methyl sites for hydroxylation is 1. The number of hydrogen-bond acceptors (Lipinski definition) is 3. The van der Waals surface area contributed by atoms with Crippen molar-refractivity contribution in [2.75, 3.05) is 17.6 Å². The zero-order valence-electron chi connectivity index (χ0n) is 11.5. The van der Waals surface area contributed by atoms with Crippen molar-refractivity contribution < 1.29 is 0 Å². The first-order valence-corrected chi connectivity index (χ1v) is 9.71. The quantitative estimate of drug-likeness (QED) is 0.693. The largest absolute Gasteiger partial charge is 0.333 e. The third-order valence-electron chi connectivity index (χ3n) is 3.29. The third kappa shape index (κ3) is 3.62. The van der Waals surface area contributed by atoms with Crippen molar-refractivity contribution in [3.8, 4) is 0 Å². The summed E-state index contributed by atoms with van der Waals surface area (Å²) in [5.41, 5.74) is 2.30. The lowest BCUT2D eigenvalue weighted by Crippen LogP contribution is -2.33. The minimum atomic E-state index is 0.326. The molecule has 0 amide bonds. The number of thioether (sulfide) groups is 1. The number of nitrogens with zero attached hydrogens (tertiary/aromatic N) is 1. The van der Waals surface area contributed by atoms with Gasteiger partial charge < -0.3 is 10.2 Å². The van der Waals surface area contributed by atoms with E-state index in [9.17, 15) is 0 Å². The fraction of sp³-hybridized carbons (Fsp3) is 0.267. The first-order valence-electron chi connectivity index (χ1n) is 6.64. The first-order chi connectivity index (χ1) is 10.1. The van der Waals surface area contributed by atoms with Gasteiger partial charge >= 0.3 is 0 Å². The van der Waals surface area contributed by atoms with Crippen LogP contribution in [-0.4, -0.2) is 22.3 Å². The highest BCUT2D eigenvalue weighted by Gasteiger charge is 2.29. The van der Waals surface area contributed by atoms with Crippen LogP contribution in [0.15, 0.2) is 40.2 Å². The summed E-state index contributed by atoms with van der Waals surface area (Å²) < 4.78 is 1.17. The van der Waals surface area contributed by atoms with E-state index in [1.807, 2.05) is 11.8 Å². The van der Waals surface area contributed by atoms with Crippen molar-refractivity contribution in [2.45, 2.75) is 12.3 Å². The smallest absolute Gasteiger partial charge is 0.174 e. The molecule has 2 aromatic rings. The van der Waals surface area contributed by atoms with Crippen LogP contribution >= 0.6 is 51.2 Å². The minimum Gasteiger partial charge on any atom is -0.333 e. The Labute approximate surface area is 147 Å². The zero-order valence-corrected chi connectivity index (χ0v) is 15.5. The lowest BCUT2D eigenvalue weighted by Gasteiger charge is -2.26. The van der Waals surface area contributed by atoms with Gasteiger partial charge in [0.05, 0.1) is 3.79 Å². The second kappa shape index (κ2) is 6.69. The summed E-state index contributed by atoms with van der Waals surface area (Å²) in [7, 11) is 0. The molecule has 1 aliphatic rings. The van der Waals surface area contributed by atoms with Crippen LogP contribution in [0, 0.1) is 6.92 Å². The molecule has 1 aromatic carbocycles. The van der Waals surface area contributed by atoms with Gasteiger partial charge in [-0.05, 0) is 59.3 Å². The average Bonchev–Trinajstić information content (AvgIpc) is 3.09. The van der Waals surface area contributed by atoms with Gasteiger partial charge in [0.2, 0.25) is 0 Å². The average molecular weight is 399 g/mol. The van der Waals surface area contributed by atoms with E-state index < -0.39 is 0 Å². The SMILES string of the molecule is Cc1ccc(NC(=S)N2CCSC2c2ccc(Br)s2)cc1. The fourth-order valence-corrected chi connectivity index (χ4v) is 5.51.